The molecule has 1 aromatic rings. The zero-order valence-electron chi connectivity index (χ0n) is 14.0. The third kappa shape index (κ3) is 3.64. The second kappa shape index (κ2) is 7.47. The van der Waals surface area contributed by atoms with E-state index >= 15 is 0 Å². The number of ether oxygens (including phenoxy) is 3. The lowest BCUT2D eigenvalue weighted by Crippen LogP contribution is -2.39. The third-order valence-corrected chi connectivity index (χ3v) is 5.20. The van der Waals surface area contributed by atoms with Gasteiger partial charge in [-0.3, -0.25) is 5.43 Å². The van der Waals surface area contributed by atoms with E-state index in [9.17, 15) is 0 Å². The van der Waals surface area contributed by atoms with E-state index in [0.717, 1.165) is 45.7 Å². The Morgan fingerprint density at radius 2 is 1.96 bits per heavy atom. The summed E-state index contributed by atoms with van der Waals surface area (Å²) in [7, 11) is 0. The number of hydrogen-bond acceptors (Lipinski definition) is 6. The fourth-order valence-electron chi connectivity index (χ4n) is 3.83. The first-order valence-corrected chi connectivity index (χ1v) is 8.98. The molecule has 3 heterocycles. The van der Waals surface area contributed by atoms with Crippen LogP contribution < -0.4 is 16.2 Å². The first-order valence-electron chi connectivity index (χ1n) is 8.98. The third-order valence-electron chi connectivity index (χ3n) is 5.20. The van der Waals surface area contributed by atoms with Gasteiger partial charge in [-0.2, -0.15) is 0 Å². The van der Waals surface area contributed by atoms with E-state index in [-0.39, 0.29) is 11.9 Å². The minimum absolute atomic E-state index is 0.139. The summed E-state index contributed by atoms with van der Waals surface area (Å²) in [6, 6.07) is 11.0. The van der Waals surface area contributed by atoms with Crippen molar-refractivity contribution in [2.24, 2.45) is 5.92 Å². The van der Waals surface area contributed by atoms with Gasteiger partial charge in [-0.1, -0.05) is 30.3 Å². The molecule has 6 nitrogen and oxygen atoms in total. The van der Waals surface area contributed by atoms with Gasteiger partial charge in [-0.25, -0.2) is 5.43 Å². The summed E-state index contributed by atoms with van der Waals surface area (Å²) in [5.74, 6) is 0.139. The maximum atomic E-state index is 6.17. The van der Waals surface area contributed by atoms with Crippen molar-refractivity contribution in [3.63, 3.8) is 0 Å². The Morgan fingerprint density at radius 1 is 1.12 bits per heavy atom. The predicted molar refractivity (Wildman–Crippen MR) is 90.3 cm³/mol. The van der Waals surface area contributed by atoms with Gasteiger partial charge in [-0.15, -0.1) is 0 Å². The second-order valence-electron chi connectivity index (χ2n) is 6.91. The van der Waals surface area contributed by atoms with Crippen molar-refractivity contribution >= 4 is 0 Å². The molecule has 1 aromatic carbocycles. The van der Waals surface area contributed by atoms with Crippen LogP contribution in [0.3, 0.4) is 0 Å². The van der Waals surface area contributed by atoms with E-state index in [1.807, 2.05) is 0 Å². The highest BCUT2D eigenvalue weighted by Gasteiger charge is 2.42. The monoisotopic (exact) mass is 333 g/mol. The molecule has 3 saturated heterocycles. The van der Waals surface area contributed by atoms with Gasteiger partial charge < -0.3 is 19.5 Å². The van der Waals surface area contributed by atoms with E-state index in [0.29, 0.717) is 18.6 Å². The Kier molecular flexibility index (Phi) is 5.12. The molecule has 3 aliphatic heterocycles. The lowest BCUT2D eigenvalue weighted by Gasteiger charge is -2.31. The van der Waals surface area contributed by atoms with Crippen molar-refractivity contribution in [3.05, 3.63) is 35.9 Å². The molecule has 132 valence electrons. The molecule has 1 spiro atoms. The van der Waals surface area contributed by atoms with Crippen LogP contribution in [-0.4, -0.2) is 51.3 Å². The Bertz CT molecular complexity index is 522. The molecule has 0 aliphatic carbocycles. The summed E-state index contributed by atoms with van der Waals surface area (Å²) >= 11 is 0. The molecule has 3 unspecified atom stereocenters. The van der Waals surface area contributed by atoms with Gasteiger partial charge in [0.05, 0.1) is 32.0 Å². The van der Waals surface area contributed by atoms with Crippen LogP contribution in [0.15, 0.2) is 30.3 Å². The van der Waals surface area contributed by atoms with Crippen molar-refractivity contribution in [3.8, 4) is 0 Å². The van der Waals surface area contributed by atoms with E-state index in [2.05, 4.69) is 46.5 Å². The van der Waals surface area contributed by atoms with Crippen molar-refractivity contribution < 1.29 is 14.2 Å². The van der Waals surface area contributed by atoms with E-state index in [4.69, 9.17) is 14.2 Å². The molecule has 0 saturated carbocycles. The summed E-state index contributed by atoms with van der Waals surface area (Å²) in [6.07, 6.45) is 1.83. The number of nitrogens with one attached hydrogen (secondary N) is 3. The molecule has 3 aliphatic rings. The first kappa shape index (κ1) is 16.4. The highest BCUT2D eigenvalue weighted by atomic mass is 16.7. The van der Waals surface area contributed by atoms with Crippen LogP contribution in [0, 0.1) is 5.92 Å². The van der Waals surface area contributed by atoms with Crippen LogP contribution >= 0.6 is 0 Å². The molecule has 6 heteroatoms. The summed E-state index contributed by atoms with van der Waals surface area (Å²) in [5.41, 5.74) is 8.00. The van der Waals surface area contributed by atoms with E-state index in [1.165, 1.54) is 5.56 Å². The van der Waals surface area contributed by atoms with Crippen LogP contribution in [0.2, 0.25) is 0 Å². The van der Waals surface area contributed by atoms with Crippen LogP contribution in [0.5, 0.6) is 0 Å². The molecule has 3 atom stereocenters. The van der Waals surface area contributed by atoms with Gasteiger partial charge in [-0.05, 0) is 5.56 Å². The highest BCUT2D eigenvalue weighted by Crippen LogP contribution is 2.33. The number of rotatable bonds is 5. The first-order chi connectivity index (χ1) is 11.8. The fourth-order valence-corrected chi connectivity index (χ4v) is 3.83. The number of benzene rings is 1. The van der Waals surface area contributed by atoms with Crippen molar-refractivity contribution in [1.82, 2.24) is 16.2 Å². The summed E-state index contributed by atoms with van der Waals surface area (Å²) in [5, 5.41) is 3.57. The SMILES string of the molecule is c1ccc(C2NNCC2CNCC2COC3(CCOCC3)O2)cc1. The van der Waals surface area contributed by atoms with Gasteiger partial charge in [0.25, 0.3) is 0 Å². The number of hydrogen-bond donors (Lipinski definition) is 3. The van der Waals surface area contributed by atoms with E-state index in [1.54, 1.807) is 0 Å². The molecule has 24 heavy (non-hydrogen) atoms. The van der Waals surface area contributed by atoms with Gasteiger partial charge in [0, 0.05) is 38.4 Å². The van der Waals surface area contributed by atoms with Crippen LogP contribution in [-0.2, 0) is 14.2 Å². The molecule has 3 N–H and O–H groups in total. The summed E-state index contributed by atoms with van der Waals surface area (Å²) < 4.78 is 17.5. The molecule has 0 radical (unpaired) electrons. The van der Waals surface area contributed by atoms with Gasteiger partial charge in [0.2, 0.25) is 0 Å². The lowest BCUT2D eigenvalue weighted by molar-refractivity contribution is -0.210. The van der Waals surface area contributed by atoms with Crippen molar-refractivity contribution in [2.45, 2.75) is 30.8 Å². The molecule has 0 aromatic heterocycles. The molecular weight excluding hydrogens is 306 g/mol. The maximum Gasteiger partial charge on any atom is 0.173 e. The van der Waals surface area contributed by atoms with Gasteiger partial charge >= 0.3 is 0 Å². The van der Waals surface area contributed by atoms with Gasteiger partial charge in [0.1, 0.15) is 0 Å². The average molecular weight is 333 g/mol. The van der Waals surface area contributed by atoms with Crippen molar-refractivity contribution in [1.29, 1.82) is 0 Å². The predicted octanol–water partition coefficient (Wildman–Crippen LogP) is 0.963. The molecule has 0 bridgehead atoms. The Balaban J connectivity index is 1.24. The summed E-state index contributed by atoms with van der Waals surface area (Å²) in [4.78, 5) is 0. The lowest BCUT2D eigenvalue weighted by atomic mass is 9.95. The maximum absolute atomic E-state index is 6.17. The Hall–Kier alpha value is -1.02. The zero-order valence-corrected chi connectivity index (χ0v) is 14.0. The number of hydrazine groups is 1. The Labute approximate surface area is 143 Å². The highest BCUT2D eigenvalue weighted by molar-refractivity contribution is 5.20. The quantitative estimate of drug-likeness (QED) is 0.746. The summed E-state index contributed by atoms with van der Waals surface area (Å²) in [6.45, 7) is 4.90. The van der Waals surface area contributed by atoms with Gasteiger partial charge in [0.15, 0.2) is 5.79 Å². The standard InChI is InChI=1S/C18H27N3O3/c1-2-4-14(5-3-1)17-15(11-20-21-17)10-19-12-16-13-23-18(24-16)6-8-22-9-7-18/h1-5,15-17,19-21H,6-13H2. The second-order valence-corrected chi connectivity index (χ2v) is 6.91. The van der Waals surface area contributed by atoms with Crippen LogP contribution in [0.4, 0.5) is 0 Å². The van der Waals surface area contributed by atoms with Crippen molar-refractivity contribution in [2.75, 3.05) is 39.5 Å². The van der Waals surface area contributed by atoms with E-state index < -0.39 is 0 Å². The topological polar surface area (TPSA) is 63.8 Å². The van der Waals surface area contributed by atoms with Crippen LogP contribution in [0.1, 0.15) is 24.4 Å². The molecule has 0 amide bonds. The van der Waals surface area contributed by atoms with Crippen LogP contribution in [0.25, 0.3) is 0 Å². The Morgan fingerprint density at radius 3 is 2.79 bits per heavy atom. The molecule has 3 fully saturated rings. The average Bonchev–Trinajstić information content (AvgIpc) is 3.24. The molecule has 4 rings (SSSR count). The zero-order chi connectivity index (χ0) is 16.2. The minimum atomic E-state index is -0.381. The normalized spacial score (nSPS) is 32.4. The fraction of sp³-hybridized carbons (Fsp3) is 0.667. The largest absolute Gasteiger partial charge is 0.381 e. The smallest absolute Gasteiger partial charge is 0.173 e. The minimum Gasteiger partial charge on any atom is -0.381 e. The molecular formula is C18H27N3O3.